The minimum atomic E-state index is -0.173. The lowest BCUT2D eigenvalue weighted by Crippen LogP contribution is -2.50. The number of nitrogens with zero attached hydrogens (tertiary/aromatic N) is 4. The Morgan fingerprint density at radius 3 is 2.54 bits per heavy atom. The van der Waals surface area contributed by atoms with Gasteiger partial charge in [-0.2, -0.15) is 5.10 Å². The molecule has 190 valence electrons. The molecular weight excluding hydrogens is 468 g/mol. The zero-order chi connectivity index (χ0) is 24.9. The van der Waals surface area contributed by atoms with Crippen LogP contribution in [0.1, 0.15) is 42.9 Å². The number of halogens is 1. The van der Waals surface area contributed by atoms with Gasteiger partial charge in [0.1, 0.15) is 17.5 Å². The van der Waals surface area contributed by atoms with Crippen LogP contribution < -0.4 is 4.74 Å². The highest BCUT2D eigenvalue weighted by Crippen LogP contribution is 2.28. The van der Waals surface area contributed by atoms with Gasteiger partial charge in [-0.05, 0) is 42.7 Å². The first-order chi connectivity index (χ1) is 16.8. The van der Waals surface area contributed by atoms with Crippen molar-refractivity contribution in [2.45, 2.75) is 39.2 Å². The number of rotatable bonds is 7. The number of hydrogen-bond donors (Lipinski definition) is 0. The third kappa shape index (κ3) is 6.55. The van der Waals surface area contributed by atoms with E-state index in [1.165, 1.54) is 0 Å². The average Bonchev–Trinajstić information content (AvgIpc) is 3.20. The van der Waals surface area contributed by atoms with E-state index in [0.29, 0.717) is 74.6 Å². The third-order valence-electron chi connectivity index (χ3n) is 6.62. The van der Waals surface area contributed by atoms with Gasteiger partial charge < -0.3 is 19.3 Å². The van der Waals surface area contributed by atoms with E-state index in [1.807, 2.05) is 35.0 Å². The third-order valence-corrected chi connectivity index (χ3v) is 6.87. The maximum absolute atomic E-state index is 13.5. The van der Waals surface area contributed by atoms with Gasteiger partial charge in [0.25, 0.3) is 5.91 Å². The average molecular weight is 503 g/mol. The number of carbonyl (C=O) groups is 2. The zero-order valence-corrected chi connectivity index (χ0v) is 21.5. The van der Waals surface area contributed by atoms with Gasteiger partial charge in [0, 0.05) is 57.0 Å². The molecule has 9 heteroatoms. The maximum Gasteiger partial charge on any atom is 0.272 e. The second-order valence-electron chi connectivity index (χ2n) is 9.85. The van der Waals surface area contributed by atoms with Crippen LogP contribution in [0.15, 0.2) is 30.3 Å². The van der Waals surface area contributed by atoms with Crippen LogP contribution in [-0.4, -0.2) is 76.9 Å². The minimum absolute atomic E-state index is 0.0521. The summed E-state index contributed by atoms with van der Waals surface area (Å²) in [5.74, 6) is 1.08. The van der Waals surface area contributed by atoms with Crippen LogP contribution in [-0.2, 0) is 23.0 Å². The molecular formula is C26H35ClN4O4. The summed E-state index contributed by atoms with van der Waals surface area (Å²) in [4.78, 5) is 30.2. The second-order valence-corrected chi connectivity index (χ2v) is 10.3. The van der Waals surface area contributed by atoms with E-state index in [9.17, 15) is 9.59 Å². The molecule has 2 atom stereocenters. The van der Waals surface area contributed by atoms with Crippen LogP contribution in [0.3, 0.4) is 0 Å². The lowest BCUT2D eigenvalue weighted by Gasteiger charge is -2.39. The summed E-state index contributed by atoms with van der Waals surface area (Å²) in [7, 11) is 1.81. The Hall–Kier alpha value is -2.58. The molecule has 1 aromatic heterocycles. The van der Waals surface area contributed by atoms with E-state index >= 15 is 0 Å². The van der Waals surface area contributed by atoms with E-state index < -0.39 is 0 Å². The van der Waals surface area contributed by atoms with Crippen molar-refractivity contribution >= 4 is 23.4 Å². The van der Waals surface area contributed by atoms with Crippen molar-refractivity contribution < 1.29 is 19.1 Å². The number of ether oxygens (including phenoxy) is 2. The molecule has 0 spiro atoms. The van der Waals surface area contributed by atoms with E-state index in [-0.39, 0.29) is 23.8 Å². The number of aryl methyl sites for hydroxylation is 1. The van der Waals surface area contributed by atoms with E-state index in [2.05, 4.69) is 18.9 Å². The summed E-state index contributed by atoms with van der Waals surface area (Å²) in [6.07, 6.45) is 1.63. The molecule has 0 saturated carbocycles. The van der Waals surface area contributed by atoms with Crippen LogP contribution in [0, 0.1) is 11.8 Å². The first kappa shape index (κ1) is 25.5. The summed E-state index contributed by atoms with van der Waals surface area (Å²) >= 11 is 6.03. The molecule has 2 saturated heterocycles. The van der Waals surface area contributed by atoms with Gasteiger partial charge >= 0.3 is 0 Å². The SMILES string of the molecule is CC(C)Cc1cc(C(=O)N2CC[C@H](Oc3ccc(Cl)cc3)[C@@H](CC(=O)N3CCOCC3)C2)n(C)n1. The number of piperidine rings is 1. The number of benzene rings is 1. The summed E-state index contributed by atoms with van der Waals surface area (Å²) in [6, 6.07) is 9.16. The standard InChI is InChI=1S/C26H35ClN4O4/c1-18(2)14-21-16-23(29(3)28-21)26(33)31-9-8-24(35-22-6-4-20(27)5-7-22)19(17-31)15-25(32)30-10-12-34-13-11-30/h4-7,16,18-19,24H,8-15,17H2,1-3H3/t19-,24-/m0/s1. The molecule has 2 fully saturated rings. The van der Waals surface area contributed by atoms with Crippen molar-refractivity contribution in [1.82, 2.24) is 19.6 Å². The fourth-order valence-corrected chi connectivity index (χ4v) is 4.93. The molecule has 4 rings (SSSR count). The van der Waals surface area contributed by atoms with Gasteiger partial charge in [-0.1, -0.05) is 25.4 Å². The summed E-state index contributed by atoms with van der Waals surface area (Å²) < 4.78 is 13.4. The van der Waals surface area contributed by atoms with Crippen molar-refractivity contribution in [2.75, 3.05) is 39.4 Å². The van der Waals surface area contributed by atoms with E-state index in [0.717, 1.165) is 12.1 Å². The molecule has 2 aliphatic rings. The fourth-order valence-electron chi connectivity index (χ4n) is 4.81. The maximum atomic E-state index is 13.5. The number of amides is 2. The number of hydrogen-bond acceptors (Lipinski definition) is 5. The van der Waals surface area contributed by atoms with Crippen molar-refractivity contribution in [3.05, 3.63) is 46.7 Å². The van der Waals surface area contributed by atoms with Crippen molar-refractivity contribution in [3.63, 3.8) is 0 Å². The molecule has 8 nitrogen and oxygen atoms in total. The van der Waals surface area contributed by atoms with Gasteiger partial charge in [-0.3, -0.25) is 14.3 Å². The first-order valence-electron chi connectivity index (χ1n) is 12.4. The smallest absolute Gasteiger partial charge is 0.272 e. The van der Waals surface area contributed by atoms with Crippen LogP contribution in [0.4, 0.5) is 0 Å². The lowest BCUT2D eigenvalue weighted by atomic mass is 9.90. The molecule has 1 aromatic carbocycles. The Morgan fingerprint density at radius 1 is 1.14 bits per heavy atom. The van der Waals surface area contributed by atoms with Gasteiger partial charge in [-0.15, -0.1) is 0 Å². The summed E-state index contributed by atoms with van der Waals surface area (Å²) in [5, 5.41) is 5.18. The predicted molar refractivity (Wildman–Crippen MR) is 134 cm³/mol. The van der Waals surface area contributed by atoms with Crippen LogP contribution in [0.25, 0.3) is 0 Å². The van der Waals surface area contributed by atoms with E-state index in [4.69, 9.17) is 21.1 Å². The van der Waals surface area contributed by atoms with Gasteiger partial charge in [0.05, 0.1) is 18.9 Å². The van der Waals surface area contributed by atoms with Gasteiger partial charge in [0.2, 0.25) is 5.91 Å². The number of likely N-dealkylation sites (tertiary alicyclic amines) is 1. The zero-order valence-electron chi connectivity index (χ0n) is 20.8. The van der Waals surface area contributed by atoms with Crippen LogP contribution in [0.2, 0.25) is 5.02 Å². The van der Waals surface area contributed by atoms with Crippen LogP contribution >= 0.6 is 11.6 Å². The topological polar surface area (TPSA) is 76.9 Å². The number of aromatic nitrogens is 2. The fraction of sp³-hybridized carbons (Fsp3) is 0.577. The molecule has 2 amide bonds. The predicted octanol–water partition coefficient (Wildman–Crippen LogP) is 3.43. The molecule has 0 unspecified atom stereocenters. The summed E-state index contributed by atoms with van der Waals surface area (Å²) in [6.45, 7) is 7.61. The Labute approximate surface area is 212 Å². The molecule has 0 aliphatic carbocycles. The number of morpholine rings is 1. The highest BCUT2D eigenvalue weighted by molar-refractivity contribution is 6.30. The molecule has 0 bridgehead atoms. The highest BCUT2D eigenvalue weighted by Gasteiger charge is 2.36. The Morgan fingerprint density at radius 2 is 1.86 bits per heavy atom. The Bertz CT molecular complexity index is 1020. The Balaban J connectivity index is 1.49. The highest BCUT2D eigenvalue weighted by atomic mass is 35.5. The van der Waals surface area contributed by atoms with Gasteiger partial charge in [0.15, 0.2) is 0 Å². The second kappa shape index (κ2) is 11.4. The molecule has 0 N–H and O–H groups in total. The summed E-state index contributed by atoms with van der Waals surface area (Å²) in [5.41, 5.74) is 1.50. The molecule has 3 heterocycles. The molecule has 0 radical (unpaired) electrons. The van der Waals surface area contributed by atoms with Gasteiger partial charge in [-0.25, -0.2) is 0 Å². The number of carbonyl (C=O) groups excluding carboxylic acids is 2. The molecule has 2 aliphatic heterocycles. The van der Waals surface area contributed by atoms with E-state index in [1.54, 1.807) is 16.8 Å². The minimum Gasteiger partial charge on any atom is -0.490 e. The Kier molecular flexibility index (Phi) is 8.34. The first-order valence-corrected chi connectivity index (χ1v) is 12.8. The molecule has 2 aromatic rings. The van der Waals surface area contributed by atoms with Crippen molar-refractivity contribution in [2.24, 2.45) is 18.9 Å². The lowest BCUT2D eigenvalue weighted by molar-refractivity contribution is -0.137. The van der Waals surface area contributed by atoms with Crippen molar-refractivity contribution in [1.29, 1.82) is 0 Å². The van der Waals surface area contributed by atoms with Crippen LogP contribution in [0.5, 0.6) is 5.75 Å². The molecule has 35 heavy (non-hydrogen) atoms. The monoisotopic (exact) mass is 502 g/mol. The van der Waals surface area contributed by atoms with Crippen molar-refractivity contribution in [3.8, 4) is 5.75 Å². The largest absolute Gasteiger partial charge is 0.490 e. The quantitative estimate of drug-likeness (QED) is 0.579. The normalized spacial score (nSPS) is 20.8.